The molecule has 0 heterocycles. The Kier molecular flexibility index (Phi) is 7.79. The van der Waals surface area contributed by atoms with E-state index in [1.165, 1.54) is 18.2 Å². The largest absolute Gasteiger partial charge is 0 e. The molecule has 32 heavy (non-hydrogen) atoms. The number of rotatable bonds is 5. The molecule has 0 aliphatic heterocycles. The first-order chi connectivity index (χ1) is 14.2. The fourth-order valence-corrected chi connectivity index (χ4v) is 5.28. The van der Waals surface area contributed by atoms with Gasteiger partial charge in [0.1, 0.15) is 0 Å². The van der Waals surface area contributed by atoms with Crippen molar-refractivity contribution in [3.05, 3.63) is 48.5 Å². The first-order valence-corrected chi connectivity index (χ1v) is 14.3. The van der Waals surface area contributed by atoms with Crippen LogP contribution in [0.1, 0.15) is 0 Å². The van der Waals surface area contributed by atoms with Crippen molar-refractivity contribution in [1.82, 2.24) is 0 Å². The number of aromatic hydroxyl groups is 1. The molecule has 5 N–H and O–H groups in total. The van der Waals surface area contributed by atoms with Gasteiger partial charge < -0.3 is 0 Å². The summed E-state index contributed by atoms with van der Waals surface area (Å²) in [7, 11) is -9.65. The van der Waals surface area contributed by atoms with Gasteiger partial charge in [-0.2, -0.15) is 0 Å². The van der Waals surface area contributed by atoms with Gasteiger partial charge >= 0.3 is 178 Å². The van der Waals surface area contributed by atoms with E-state index in [-0.39, 0.29) is 46.0 Å². The molecule has 0 saturated heterocycles. The Morgan fingerprint density at radius 3 is 2.03 bits per heavy atom. The van der Waals surface area contributed by atoms with Crippen molar-refractivity contribution in [2.45, 2.75) is 9.79 Å². The second kappa shape index (κ2) is 9.35. The minimum atomic E-state index is -5.41. The third-order valence-corrected chi connectivity index (χ3v) is 7.88. The third kappa shape index (κ3) is 5.66. The van der Waals surface area contributed by atoms with Gasteiger partial charge in [-0.15, -0.1) is 0 Å². The summed E-state index contributed by atoms with van der Waals surface area (Å²) in [4.78, 5) is -1.61. The van der Waals surface area contributed by atoms with Crippen molar-refractivity contribution in [3.63, 3.8) is 0 Å². The molecule has 0 atom stereocenters. The van der Waals surface area contributed by atoms with Gasteiger partial charge in [-0.05, 0) is 0 Å². The number of hydrogen-bond donors (Lipinski definition) is 5. The first kappa shape index (κ1) is 26.7. The van der Waals surface area contributed by atoms with E-state index in [0.29, 0.717) is 0 Å². The van der Waals surface area contributed by atoms with Crippen LogP contribution in [0.5, 0.6) is 5.75 Å². The Morgan fingerprint density at radius 1 is 0.844 bits per heavy atom. The van der Waals surface area contributed by atoms with Crippen molar-refractivity contribution in [2.75, 3.05) is 0 Å². The van der Waals surface area contributed by atoms with E-state index >= 15 is 0 Å². The molecule has 0 unspecified atom stereocenters. The van der Waals surface area contributed by atoms with Gasteiger partial charge in [0.2, 0.25) is 0 Å². The summed E-state index contributed by atoms with van der Waals surface area (Å²) < 4.78 is 94.8. The molecular formula is C16H13AsN2NaO10S2. The molecule has 0 amide bonds. The van der Waals surface area contributed by atoms with Crippen LogP contribution in [0.25, 0.3) is 10.8 Å². The molecule has 12 nitrogen and oxygen atoms in total. The van der Waals surface area contributed by atoms with E-state index in [4.69, 9.17) is 0 Å². The van der Waals surface area contributed by atoms with Gasteiger partial charge in [0.25, 0.3) is 0 Å². The minimum absolute atomic E-state index is 0. The van der Waals surface area contributed by atoms with Crippen LogP contribution < -0.4 is 4.35 Å². The maximum Gasteiger partial charge on any atom is 0 e. The summed E-state index contributed by atoms with van der Waals surface area (Å²) in [5.41, 5.74) is -0.783. The molecule has 165 valence electrons. The second-order valence-electron chi connectivity index (χ2n) is 6.14. The summed E-state index contributed by atoms with van der Waals surface area (Å²) >= 11 is -5.41. The number of phenolic OH excluding ortho intramolecular Hbond substituents is 1. The maximum absolute atomic E-state index is 11.7. The smallest absolute Gasteiger partial charge is 0 e. The van der Waals surface area contributed by atoms with Crippen LogP contribution in [-0.4, -0.2) is 83.0 Å². The third-order valence-electron chi connectivity index (χ3n) is 4.05. The first-order valence-electron chi connectivity index (χ1n) is 8.01. The zero-order valence-electron chi connectivity index (χ0n) is 16.1. The SMILES string of the molecule is O=S(=O)(O)c1ccc2c(N=Nc3ccccc3[As](=O)(O)O)c(O)c(S(=O)(=O)O)cc2c1.[Na]. The van der Waals surface area contributed by atoms with Crippen molar-refractivity contribution in [3.8, 4) is 5.75 Å². The fourth-order valence-electron chi connectivity index (χ4n) is 2.69. The van der Waals surface area contributed by atoms with Gasteiger partial charge in [0.05, 0.1) is 0 Å². The Balaban J connectivity index is 0.00000363. The van der Waals surface area contributed by atoms with E-state index in [2.05, 4.69) is 10.2 Å². The van der Waals surface area contributed by atoms with Gasteiger partial charge in [-0.1, -0.05) is 0 Å². The fraction of sp³-hybridized carbons (Fsp3) is 0. The monoisotopic (exact) mass is 555 g/mol. The van der Waals surface area contributed by atoms with E-state index in [1.807, 2.05) is 0 Å². The van der Waals surface area contributed by atoms with Crippen LogP contribution >= 0.6 is 0 Å². The predicted octanol–water partition coefficient (Wildman–Crippen LogP) is 0.634. The summed E-state index contributed by atoms with van der Waals surface area (Å²) in [6.07, 6.45) is 0. The molecule has 0 aliphatic carbocycles. The minimum Gasteiger partial charge on any atom is 0 e. The molecule has 0 saturated carbocycles. The Bertz CT molecular complexity index is 1500. The summed E-state index contributed by atoms with van der Waals surface area (Å²) in [6, 6.07) is 8.81. The molecule has 0 fully saturated rings. The van der Waals surface area contributed by atoms with Crippen LogP contribution in [0.2, 0.25) is 0 Å². The average molecular weight is 555 g/mol. The number of nitrogens with zero attached hydrogens (tertiary/aromatic N) is 2. The van der Waals surface area contributed by atoms with Gasteiger partial charge in [0.15, 0.2) is 0 Å². The summed E-state index contributed by atoms with van der Waals surface area (Å²) in [5, 5.41) is 17.6. The zero-order valence-corrected chi connectivity index (χ0v) is 21.6. The maximum atomic E-state index is 11.7. The van der Waals surface area contributed by atoms with Crippen molar-refractivity contribution in [2.24, 2.45) is 10.2 Å². The van der Waals surface area contributed by atoms with Crippen LogP contribution in [-0.2, 0) is 24.0 Å². The standard InChI is InChI=1S/C16H13AsN2O10S2.Na/c20-16-14(31(27,28)29)8-9-7-10(30(24,25)26)5-6-11(9)15(16)19-18-13-4-2-1-3-12(13)17(21,22)23;/h1-8,20H,(H2,21,22,23)(H,24,25,26)(H,27,28,29);. The normalized spacial score (nSPS) is 12.8. The molecule has 3 aromatic rings. The van der Waals surface area contributed by atoms with Crippen LogP contribution in [0.15, 0.2) is 68.6 Å². The number of benzene rings is 3. The number of phenols is 1. The molecule has 3 aromatic carbocycles. The van der Waals surface area contributed by atoms with Crippen LogP contribution in [0, 0.1) is 0 Å². The quantitative estimate of drug-likeness (QED) is 0.168. The molecule has 0 aliphatic rings. The number of azo groups is 1. The molecule has 3 rings (SSSR count). The molecule has 16 heteroatoms. The molecule has 0 aromatic heterocycles. The Morgan fingerprint density at radius 2 is 1.47 bits per heavy atom. The Hall–Kier alpha value is -1.58. The van der Waals surface area contributed by atoms with Crippen molar-refractivity contribution in [1.29, 1.82) is 0 Å². The molecular weight excluding hydrogens is 542 g/mol. The predicted molar refractivity (Wildman–Crippen MR) is 112 cm³/mol. The van der Waals surface area contributed by atoms with Gasteiger partial charge in [0, 0.05) is 29.6 Å². The summed E-state index contributed by atoms with van der Waals surface area (Å²) in [6.45, 7) is 0. The Labute approximate surface area is 206 Å². The topological polar surface area (TPSA) is 211 Å². The van der Waals surface area contributed by atoms with E-state index in [9.17, 15) is 43.0 Å². The van der Waals surface area contributed by atoms with Crippen LogP contribution in [0.4, 0.5) is 11.4 Å². The molecule has 0 spiro atoms. The molecule has 0 bridgehead atoms. The zero-order chi connectivity index (χ0) is 23.2. The van der Waals surface area contributed by atoms with Crippen molar-refractivity contribution >= 4 is 90.5 Å². The average Bonchev–Trinajstić information content (AvgIpc) is 2.64. The number of hydrogen-bond acceptors (Lipinski definition) is 8. The van der Waals surface area contributed by atoms with E-state index in [1.54, 1.807) is 0 Å². The van der Waals surface area contributed by atoms with E-state index in [0.717, 1.165) is 30.3 Å². The summed E-state index contributed by atoms with van der Waals surface area (Å²) in [5.74, 6) is -1.03. The van der Waals surface area contributed by atoms with Gasteiger partial charge in [-0.25, -0.2) is 0 Å². The second-order valence-corrected chi connectivity index (χ2v) is 12.2. The van der Waals surface area contributed by atoms with Crippen LogP contribution in [0.3, 0.4) is 0 Å². The molecule has 1 radical (unpaired) electrons. The van der Waals surface area contributed by atoms with Gasteiger partial charge in [-0.3, -0.25) is 0 Å². The number of fused-ring (bicyclic) bond motifs is 1. The van der Waals surface area contributed by atoms with E-state index < -0.39 is 60.0 Å². The van der Waals surface area contributed by atoms with Crippen molar-refractivity contribution < 1.29 is 43.0 Å².